The van der Waals surface area contributed by atoms with E-state index in [4.69, 9.17) is 5.73 Å². The summed E-state index contributed by atoms with van der Waals surface area (Å²) < 4.78 is 0. The fraction of sp³-hybridized carbons (Fsp3) is 0.231. The smallest absolute Gasteiger partial charge is 0.184 e. The van der Waals surface area contributed by atoms with Crippen LogP contribution in [0, 0.1) is 34.0 Å². The molecule has 5 rings (SSSR count). The number of fused-ring (bicyclic) bond motifs is 2. The van der Waals surface area contributed by atoms with E-state index in [-0.39, 0.29) is 28.8 Å². The van der Waals surface area contributed by atoms with Gasteiger partial charge in [-0.15, -0.1) is 0 Å². The van der Waals surface area contributed by atoms with Crippen molar-refractivity contribution in [2.45, 2.75) is 25.2 Å². The number of carbonyl (C=O) groups excluding carboxylic acids is 2. The lowest BCUT2D eigenvalue weighted by Crippen LogP contribution is -2.51. The van der Waals surface area contributed by atoms with Gasteiger partial charge in [-0.3, -0.25) is 9.59 Å². The lowest BCUT2D eigenvalue weighted by molar-refractivity contribution is 0.0659. The van der Waals surface area contributed by atoms with E-state index in [1.807, 2.05) is 18.2 Å². The van der Waals surface area contributed by atoms with Crippen molar-refractivity contribution in [2.24, 2.45) is 17.1 Å². The Kier molecular flexibility index (Phi) is 4.17. The molecule has 0 heterocycles. The van der Waals surface area contributed by atoms with Crippen LogP contribution in [0.1, 0.15) is 57.0 Å². The summed E-state index contributed by atoms with van der Waals surface area (Å²) in [6.07, 6.45) is 4.53. The first kappa shape index (κ1) is 19.0. The number of allylic oxidation sites excluding steroid dienone is 4. The number of benzene rings is 2. The monoisotopic (exact) mass is 405 g/mol. The van der Waals surface area contributed by atoms with Crippen molar-refractivity contribution in [3.05, 3.63) is 93.7 Å². The van der Waals surface area contributed by atoms with Crippen LogP contribution in [0.4, 0.5) is 0 Å². The van der Waals surface area contributed by atoms with Gasteiger partial charge in [-0.25, -0.2) is 0 Å². The zero-order chi connectivity index (χ0) is 21.8. The first-order chi connectivity index (χ1) is 15.1. The first-order valence-corrected chi connectivity index (χ1v) is 10.3. The number of nitriles is 2. The summed E-state index contributed by atoms with van der Waals surface area (Å²) in [5.41, 5.74) is 8.12. The standard InChI is InChI=1S/C26H19N3O2/c27-13-15-9-11-16(12-10-15)22-18-6-2-1-5-17(18)21(14-28)23(29)26(22)24(30)19-7-3-4-8-20(19)25(26)31/h3-5,7-12,18,22H,1-2,6,29H2. The fourth-order valence-corrected chi connectivity index (χ4v) is 5.66. The highest BCUT2D eigenvalue weighted by molar-refractivity contribution is 6.32. The lowest BCUT2D eigenvalue weighted by atomic mass is 9.54. The van der Waals surface area contributed by atoms with Crippen LogP contribution >= 0.6 is 0 Å². The van der Waals surface area contributed by atoms with Gasteiger partial charge >= 0.3 is 0 Å². The molecule has 1 spiro atoms. The van der Waals surface area contributed by atoms with Crippen LogP contribution in [-0.4, -0.2) is 11.6 Å². The molecule has 3 aliphatic rings. The molecule has 0 aliphatic heterocycles. The van der Waals surface area contributed by atoms with Gasteiger partial charge in [0.25, 0.3) is 0 Å². The fourth-order valence-electron chi connectivity index (χ4n) is 5.66. The van der Waals surface area contributed by atoms with Crippen LogP contribution in [0.2, 0.25) is 0 Å². The summed E-state index contributed by atoms with van der Waals surface area (Å²) in [7, 11) is 0. The molecule has 2 aromatic carbocycles. The number of rotatable bonds is 1. The quantitative estimate of drug-likeness (QED) is 0.716. The summed E-state index contributed by atoms with van der Waals surface area (Å²) in [6, 6.07) is 18.1. The van der Waals surface area contributed by atoms with Crippen molar-refractivity contribution in [3.8, 4) is 12.1 Å². The highest BCUT2D eigenvalue weighted by atomic mass is 16.2. The van der Waals surface area contributed by atoms with E-state index in [1.54, 1.807) is 36.4 Å². The molecule has 2 aromatic rings. The van der Waals surface area contributed by atoms with Crippen LogP contribution < -0.4 is 5.73 Å². The van der Waals surface area contributed by atoms with Crippen molar-refractivity contribution in [1.29, 1.82) is 10.5 Å². The molecule has 0 amide bonds. The summed E-state index contributed by atoms with van der Waals surface area (Å²) >= 11 is 0. The van der Waals surface area contributed by atoms with Gasteiger partial charge in [-0.1, -0.05) is 42.5 Å². The minimum atomic E-state index is -1.64. The largest absolute Gasteiger partial charge is 0.400 e. The Morgan fingerprint density at radius 1 is 0.935 bits per heavy atom. The third-order valence-corrected chi connectivity index (χ3v) is 6.98. The van der Waals surface area contributed by atoms with E-state index < -0.39 is 11.3 Å². The van der Waals surface area contributed by atoms with Gasteiger partial charge in [0.2, 0.25) is 0 Å². The summed E-state index contributed by atoms with van der Waals surface area (Å²) in [5, 5.41) is 19.2. The van der Waals surface area contributed by atoms with Gasteiger partial charge in [0.05, 0.1) is 17.2 Å². The molecular weight excluding hydrogens is 386 g/mol. The van der Waals surface area contributed by atoms with Crippen LogP contribution in [-0.2, 0) is 0 Å². The van der Waals surface area contributed by atoms with E-state index in [2.05, 4.69) is 12.1 Å². The molecule has 0 bridgehead atoms. The van der Waals surface area contributed by atoms with Gasteiger partial charge in [0.1, 0.15) is 11.5 Å². The highest BCUT2D eigenvalue weighted by Gasteiger charge is 2.64. The first-order valence-electron chi connectivity index (χ1n) is 10.3. The Hall–Kier alpha value is -3.96. The molecule has 0 aromatic heterocycles. The van der Waals surface area contributed by atoms with E-state index >= 15 is 0 Å². The number of nitrogens with two attached hydrogens (primary N) is 1. The van der Waals surface area contributed by atoms with Crippen molar-refractivity contribution in [3.63, 3.8) is 0 Å². The van der Waals surface area contributed by atoms with E-state index in [9.17, 15) is 20.1 Å². The number of hydrogen-bond donors (Lipinski definition) is 1. The van der Waals surface area contributed by atoms with Crippen molar-refractivity contribution < 1.29 is 9.59 Å². The maximum atomic E-state index is 13.9. The second kappa shape index (κ2) is 6.79. The molecule has 2 unspecified atom stereocenters. The molecule has 31 heavy (non-hydrogen) atoms. The SMILES string of the molecule is N#CC1=C(N)C2(C(=O)c3ccccc3C2=O)C(c2ccc(C#N)cc2)C2CCCC=C12. The molecule has 2 atom stereocenters. The number of ketones is 2. The predicted octanol–water partition coefficient (Wildman–Crippen LogP) is 4.18. The molecule has 150 valence electrons. The predicted molar refractivity (Wildman–Crippen MR) is 114 cm³/mol. The number of Topliss-reactive ketones (excluding diaryl/α,β-unsaturated/α-hetero) is 2. The molecule has 5 heteroatoms. The maximum Gasteiger partial charge on any atom is 0.184 e. The highest BCUT2D eigenvalue weighted by Crippen LogP contribution is 2.60. The lowest BCUT2D eigenvalue weighted by Gasteiger charge is -2.46. The van der Waals surface area contributed by atoms with E-state index in [1.165, 1.54) is 0 Å². The average Bonchev–Trinajstić information content (AvgIpc) is 3.03. The van der Waals surface area contributed by atoms with Gasteiger partial charge in [-0.05, 0) is 48.4 Å². The number of carbonyl (C=O) groups is 2. The van der Waals surface area contributed by atoms with Crippen LogP contribution in [0.25, 0.3) is 0 Å². The van der Waals surface area contributed by atoms with Crippen molar-refractivity contribution >= 4 is 11.6 Å². The molecule has 0 saturated heterocycles. The molecule has 3 aliphatic carbocycles. The third kappa shape index (κ3) is 2.35. The Morgan fingerprint density at radius 2 is 1.58 bits per heavy atom. The van der Waals surface area contributed by atoms with E-state index in [0.717, 1.165) is 30.4 Å². The zero-order valence-electron chi connectivity index (χ0n) is 16.8. The van der Waals surface area contributed by atoms with Gasteiger partial charge < -0.3 is 5.73 Å². The summed E-state index contributed by atoms with van der Waals surface area (Å²) in [4.78, 5) is 27.8. The molecule has 5 nitrogen and oxygen atoms in total. The van der Waals surface area contributed by atoms with Crippen molar-refractivity contribution in [2.75, 3.05) is 0 Å². The minimum Gasteiger partial charge on any atom is -0.400 e. The Bertz CT molecular complexity index is 1250. The molecule has 0 fully saturated rings. The van der Waals surface area contributed by atoms with Crippen molar-refractivity contribution in [1.82, 2.24) is 0 Å². The summed E-state index contributed by atoms with van der Waals surface area (Å²) in [5.74, 6) is -1.38. The van der Waals surface area contributed by atoms with Crippen LogP contribution in [0.15, 0.2) is 71.5 Å². The summed E-state index contributed by atoms with van der Waals surface area (Å²) in [6.45, 7) is 0. The topological polar surface area (TPSA) is 108 Å². The van der Waals surface area contributed by atoms with Crippen LogP contribution in [0.3, 0.4) is 0 Å². The number of nitrogens with zero attached hydrogens (tertiary/aromatic N) is 2. The number of hydrogen-bond acceptors (Lipinski definition) is 5. The molecule has 0 radical (unpaired) electrons. The Labute approximate surface area is 180 Å². The van der Waals surface area contributed by atoms with Gasteiger partial charge in [0, 0.05) is 22.7 Å². The normalized spacial score (nSPS) is 23.6. The van der Waals surface area contributed by atoms with E-state index in [0.29, 0.717) is 16.7 Å². The second-order valence-corrected chi connectivity index (χ2v) is 8.32. The van der Waals surface area contributed by atoms with Gasteiger partial charge in [0.15, 0.2) is 11.6 Å². The molecular formula is C26H19N3O2. The second-order valence-electron chi connectivity index (χ2n) is 8.32. The maximum absolute atomic E-state index is 13.9. The zero-order valence-corrected chi connectivity index (χ0v) is 16.8. The molecule has 2 N–H and O–H groups in total. The molecule has 0 saturated carbocycles. The van der Waals surface area contributed by atoms with Gasteiger partial charge in [-0.2, -0.15) is 10.5 Å². The van der Waals surface area contributed by atoms with Crippen LogP contribution in [0.5, 0.6) is 0 Å². The third-order valence-electron chi connectivity index (χ3n) is 6.98. The Morgan fingerprint density at radius 3 is 2.16 bits per heavy atom. The Balaban J connectivity index is 1.86. The average molecular weight is 405 g/mol. The minimum absolute atomic E-state index is 0.0555.